The molecule has 1 aromatic carbocycles. The average Bonchev–Trinajstić information content (AvgIpc) is 3.06. The molecule has 2 aromatic rings. The molecule has 0 radical (unpaired) electrons. The number of sulfonamides is 1. The lowest BCUT2D eigenvalue weighted by Gasteiger charge is -2.24. The van der Waals surface area contributed by atoms with Crippen LogP contribution in [0.1, 0.15) is 30.3 Å². The minimum Gasteiger partial charge on any atom is -0.319 e. The third kappa shape index (κ3) is 2.53. The zero-order valence-corrected chi connectivity index (χ0v) is 14.0. The van der Waals surface area contributed by atoms with Crippen LogP contribution in [-0.4, -0.2) is 34.0 Å². The summed E-state index contributed by atoms with van der Waals surface area (Å²) < 4.78 is 29.3. The standard InChI is InChI=1S/C14H17ClN4O2S/c1-10-8-11(15)5-6-13(10)22(20,21)19-7-3-4-12(19)14-17-16-9-18(14)2/h5-6,8-9,12H,3-4,7H2,1-2H3/t12-/m0/s1. The minimum atomic E-state index is -3.58. The van der Waals surface area contributed by atoms with E-state index >= 15 is 0 Å². The van der Waals surface area contributed by atoms with Crippen molar-refractivity contribution in [2.24, 2.45) is 7.05 Å². The molecule has 118 valence electrons. The Morgan fingerprint density at radius 1 is 1.36 bits per heavy atom. The fourth-order valence-corrected chi connectivity index (χ4v) is 5.00. The van der Waals surface area contributed by atoms with Crippen molar-refractivity contribution < 1.29 is 8.42 Å². The molecule has 0 unspecified atom stereocenters. The molecule has 2 heterocycles. The summed E-state index contributed by atoms with van der Waals surface area (Å²) in [7, 11) is -1.76. The van der Waals surface area contributed by atoms with Gasteiger partial charge >= 0.3 is 0 Å². The molecule has 1 atom stereocenters. The predicted octanol–water partition coefficient (Wildman–Crippen LogP) is 2.30. The number of nitrogens with zero attached hydrogens (tertiary/aromatic N) is 4. The van der Waals surface area contributed by atoms with Crippen LogP contribution < -0.4 is 0 Å². The summed E-state index contributed by atoms with van der Waals surface area (Å²) >= 11 is 5.93. The number of hydrogen-bond donors (Lipinski definition) is 0. The Kier molecular flexibility index (Phi) is 3.96. The normalized spacial score (nSPS) is 19.7. The first-order valence-electron chi connectivity index (χ1n) is 7.03. The van der Waals surface area contributed by atoms with Crippen LogP contribution in [0.4, 0.5) is 0 Å². The summed E-state index contributed by atoms with van der Waals surface area (Å²) in [6, 6.07) is 4.57. The van der Waals surface area contributed by atoms with Crippen molar-refractivity contribution in [3.05, 3.63) is 40.9 Å². The summed E-state index contributed by atoms with van der Waals surface area (Å²) in [6.07, 6.45) is 3.15. The molecule has 1 saturated heterocycles. The SMILES string of the molecule is Cc1cc(Cl)ccc1S(=O)(=O)N1CCC[C@H]1c1nncn1C. The van der Waals surface area contributed by atoms with Gasteiger partial charge in [0.1, 0.15) is 6.33 Å². The summed E-state index contributed by atoms with van der Waals surface area (Å²) in [4.78, 5) is 0.297. The van der Waals surface area contributed by atoms with E-state index in [1.54, 1.807) is 36.0 Å². The second-order valence-electron chi connectivity index (χ2n) is 5.48. The monoisotopic (exact) mass is 340 g/mol. The third-order valence-electron chi connectivity index (χ3n) is 3.97. The van der Waals surface area contributed by atoms with Gasteiger partial charge in [0.2, 0.25) is 10.0 Å². The van der Waals surface area contributed by atoms with E-state index in [1.165, 1.54) is 4.31 Å². The highest BCUT2D eigenvalue weighted by molar-refractivity contribution is 7.89. The number of hydrogen-bond acceptors (Lipinski definition) is 4. The zero-order chi connectivity index (χ0) is 15.9. The van der Waals surface area contributed by atoms with Crippen LogP contribution in [0.25, 0.3) is 0 Å². The van der Waals surface area contributed by atoms with Gasteiger partial charge in [0.15, 0.2) is 5.82 Å². The Morgan fingerprint density at radius 3 is 2.77 bits per heavy atom. The van der Waals surface area contributed by atoms with Gasteiger partial charge in [0, 0.05) is 18.6 Å². The van der Waals surface area contributed by atoms with E-state index in [1.807, 2.05) is 7.05 Å². The van der Waals surface area contributed by atoms with Crippen molar-refractivity contribution in [1.82, 2.24) is 19.1 Å². The lowest BCUT2D eigenvalue weighted by Crippen LogP contribution is -2.32. The van der Waals surface area contributed by atoms with Crippen molar-refractivity contribution in [2.45, 2.75) is 30.7 Å². The van der Waals surface area contributed by atoms with E-state index in [0.29, 0.717) is 27.9 Å². The second-order valence-corrected chi connectivity index (χ2v) is 7.78. The molecule has 1 fully saturated rings. The van der Waals surface area contributed by atoms with Crippen molar-refractivity contribution in [1.29, 1.82) is 0 Å². The highest BCUT2D eigenvalue weighted by atomic mass is 35.5. The number of aromatic nitrogens is 3. The number of halogens is 1. The number of benzene rings is 1. The van der Waals surface area contributed by atoms with E-state index in [-0.39, 0.29) is 6.04 Å². The van der Waals surface area contributed by atoms with Gasteiger partial charge in [-0.25, -0.2) is 8.42 Å². The summed E-state index contributed by atoms with van der Waals surface area (Å²) in [6.45, 7) is 2.24. The molecule has 0 aliphatic carbocycles. The maximum Gasteiger partial charge on any atom is 0.244 e. The van der Waals surface area contributed by atoms with E-state index in [0.717, 1.165) is 12.8 Å². The van der Waals surface area contributed by atoms with E-state index < -0.39 is 10.0 Å². The van der Waals surface area contributed by atoms with E-state index in [4.69, 9.17) is 11.6 Å². The number of aryl methyl sites for hydroxylation is 2. The second kappa shape index (κ2) is 5.64. The van der Waals surface area contributed by atoms with E-state index in [9.17, 15) is 8.42 Å². The van der Waals surface area contributed by atoms with Crippen LogP contribution >= 0.6 is 11.6 Å². The molecule has 1 aliphatic rings. The maximum absolute atomic E-state index is 13.0. The Morgan fingerprint density at radius 2 is 2.14 bits per heavy atom. The zero-order valence-electron chi connectivity index (χ0n) is 12.4. The molecular weight excluding hydrogens is 324 g/mol. The van der Waals surface area contributed by atoms with Gasteiger partial charge in [-0.3, -0.25) is 0 Å². The van der Waals surface area contributed by atoms with Crippen molar-refractivity contribution >= 4 is 21.6 Å². The molecule has 1 aliphatic heterocycles. The largest absolute Gasteiger partial charge is 0.319 e. The molecule has 0 saturated carbocycles. The molecule has 8 heteroatoms. The van der Waals surface area contributed by atoms with Crippen LogP contribution in [0.5, 0.6) is 0 Å². The van der Waals surface area contributed by atoms with Gasteiger partial charge < -0.3 is 4.57 Å². The summed E-state index contributed by atoms with van der Waals surface area (Å²) in [5, 5.41) is 8.47. The summed E-state index contributed by atoms with van der Waals surface area (Å²) in [5.74, 6) is 0.674. The lowest BCUT2D eigenvalue weighted by atomic mass is 10.2. The summed E-state index contributed by atoms with van der Waals surface area (Å²) in [5.41, 5.74) is 0.649. The van der Waals surface area contributed by atoms with Crippen molar-refractivity contribution in [3.8, 4) is 0 Å². The Hall–Kier alpha value is -1.44. The molecule has 1 aromatic heterocycles. The number of rotatable bonds is 3. The topological polar surface area (TPSA) is 68.1 Å². The first-order chi connectivity index (χ1) is 10.4. The van der Waals surface area contributed by atoms with Crippen molar-refractivity contribution in [2.75, 3.05) is 6.54 Å². The molecule has 6 nitrogen and oxygen atoms in total. The van der Waals surface area contributed by atoms with Gasteiger partial charge in [0.25, 0.3) is 0 Å². The Labute approximate surface area is 134 Å². The molecular formula is C14H17ClN4O2S. The van der Waals surface area contributed by atoms with Gasteiger partial charge in [-0.1, -0.05) is 11.6 Å². The molecule has 0 spiro atoms. The van der Waals surface area contributed by atoms with Gasteiger partial charge in [-0.2, -0.15) is 4.31 Å². The average molecular weight is 341 g/mol. The smallest absolute Gasteiger partial charge is 0.244 e. The molecule has 3 rings (SSSR count). The third-order valence-corrected chi connectivity index (χ3v) is 6.28. The molecule has 0 N–H and O–H groups in total. The van der Waals surface area contributed by atoms with Gasteiger partial charge in [-0.15, -0.1) is 10.2 Å². The maximum atomic E-state index is 13.0. The fourth-order valence-electron chi connectivity index (χ4n) is 2.91. The predicted molar refractivity (Wildman–Crippen MR) is 83.1 cm³/mol. The van der Waals surface area contributed by atoms with Crippen LogP contribution in [-0.2, 0) is 17.1 Å². The fraction of sp³-hybridized carbons (Fsp3) is 0.429. The Bertz CT molecular complexity index is 803. The molecule has 0 bridgehead atoms. The first kappa shape index (κ1) is 15.5. The van der Waals surface area contributed by atoms with Crippen molar-refractivity contribution in [3.63, 3.8) is 0 Å². The van der Waals surface area contributed by atoms with Crippen LogP contribution in [0.2, 0.25) is 5.02 Å². The highest BCUT2D eigenvalue weighted by Gasteiger charge is 2.38. The van der Waals surface area contributed by atoms with Crippen LogP contribution in [0.3, 0.4) is 0 Å². The lowest BCUT2D eigenvalue weighted by molar-refractivity contribution is 0.376. The van der Waals surface area contributed by atoms with Crippen LogP contribution in [0.15, 0.2) is 29.4 Å². The molecule has 22 heavy (non-hydrogen) atoms. The quantitative estimate of drug-likeness (QED) is 0.859. The van der Waals surface area contributed by atoms with E-state index in [2.05, 4.69) is 10.2 Å². The molecule has 0 amide bonds. The van der Waals surface area contributed by atoms with Crippen LogP contribution in [0, 0.1) is 6.92 Å². The van der Waals surface area contributed by atoms with Gasteiger partial charge in [0.05, 0.1) is 10.9 Å². The Balaban J connectivity index is 2.03. The minimum absolute atomic E-state index is 0.271. The highest BCUT2D eigenvalue weighted by Crippen LogP contribution is 2.36. The van der Waals surface area contributed by atoms with Gasteiger partial charge in [-0.05, 0) is 43.5 Å². The first-order valence-corrected chi connectivity index (χ1v) is 8.85.